The fraction of sp³-hybridized carbons (Fsp3) is 0.632. The Bertz CT molecular complexity index is 765. The van der Waals surface area contributed by atoms with Gasteiger partial charge in [-0.05, 0) is 55.4 Å². The van der Waals surface area contributed by atoms with Crippen molar-refractivity contribution in [3.8, 4) is 0 Å². The maximum absolute atomic E-state index is 12.5. The minimum absolute atomic E-state index is 0.0851. The van der Waals surface area contributed by atoms with Gasteiger partial charge in [-0.3, -0.25) is 0 Å². The molecule has 3 aliphatic rings. The van der Waals surface area contributed by atoms with Crippen molar-refractivity contribution >= 4 is 21.7 Å². The highest BCUT2D eigenvalue weighted by Gasteiger charge is 2.35. The Kier molecular flexibility index (Phi) is 5.39. The number of carbonyl (C=O) groups excluding carboxylic acids is 1. The Morgan fingerprint density at radius 2 is 1.70 bits per heavy atom. The van der Waals surface area contributed by atoms with Crippen LogP contribution in [-0.4, -0.2) is 51.7 Å². The van der Waals surface area contributed by atoms with Crippen molar-refractivity contribution in [2.24, 2.45) is 11.8 Å². The number of amides is 2. The van der Waals surface area contributed by atoms with Gasteiger partial charge in [-0.1, -0.05) is 12.8 Å². The molecule has 2 N–H and O–H groups in total. The van der Waals surface area contributed by atoms with Crippen LogP contribution in [0.3, 0.4) is 0 Å². The minimum Gasteiger partial charge on any atom is -0.381 e. The summed E-state index contributed by atoms with van der Waals surface area (Å²) in [6, 6.07) is 6.14. The second-order valence-corrected chi connectivity index (χ2v) is 9.63. The first-order valence-electron chi connectivity index (χ1n) is 9.76. The van der Waals surface area contributed by atoms with E-state index in [1.54, 1.807) is 12.1 Å². The topological polar surface area (TPSA) is 87.7 Å². The third kappa shape index (κ3) is 4.80. The van der Waals surface area contributed by atoms with Gasteiger partial charge in [-0.2, -0.15) is 0 Å². The maximum atomic E-state index is 12.5. The van der Waals surface area contributed by atoms with Gasteiger partial charge in [0.15, 0.2) is 0 Å². The van der Waals surface area contributed by atoms with Gasteiger partial charge in [0, 0.05) is 38.0 Å². The molecule has 0 aromatic heterocycles. The second-order valence-electron chi connectivity index (χ2n) is 7.91. The van der Waals surface area contributed by atoms with Crippen LogP contribution in [0.5, 0.6) is 0 Å². The lowest BCUT2D eigenvalue weighted by Crippen LogP contribution is -2.51. The van der Waals surface area contributed by atoms with Crippen molar-refractivity contribution in [3.05, 3.63) is 24.3 Å². The standard InChI is InChI=1S/C19H27N3O4S/c23-19(22-12-15(13-22)11-14-1-2-14)20-16-3-5-18(6-4-16)27(24,25)21-17-7-9-26-10-8-17/h3-6,14-15,17,21H,1-2,7-13H2,(H,20,23). The van der Waals surface area contributed by atoms with E-state index >= 15 is 0 Å². The third-order valence-corrected chi connectivity index (χ3v) is 7.10. The molecule has 1 aliphatic carbocycles. The van der Waals surface area contributed by atoms with Gasteiger partial charge in [0.05, 0.1) is 4.90 Å². The van der Waals surface area contributed by atoms with E-state index in [0.717, 1.165) is 19.0 Å². The molecule has 0 bridgehead atoms. The zero-order chi connectivity index (χ0) is 18.9. The van der Waals surface area contributed by atoms with Crippen molar-refractivity contribution < 1.29 is 17.9 Å². The van der Waals surface area contributed by atoms with Crippen LogP contribution in [0.25, 0.3) is 0 Å². The molecule has 7 nitrogen and oxygen atoms in total. The molecular formula is C19H27N3O4S. The van der Waals surface area contributed by atoms with E-state index in [9.17, 15) is 13.2 Å². The Morgan fingerprint density at radius 3 is 2.33 bits per heavy atom. The van der Waals surface area contributed by atoms with Crippen LogP contribution < -0.4 is 10.0 Å². The molecule has 148 valence electrons. The number of ether oxygens (including phenoxy) is 1. The van der Waals surface area contributed by atoms with Gasteiger partial charge in [-0.15, -0.1) is 0 Å². The molecule has 0 radical (unpaired) electrons. The lowest BCUT2D eigenvalue weighted by atomic mass is 9.94. The molecule has 8 heteroatoms. The second kappa shape index (κ2) is 7.77. The number of urea groups is 1. The summed E-state index contributed by atoms with van der Waals surface area (Å²) in [5.74, 6) is 1.54. The van der Waals surface area contributed by atoms with Gasteiger partial charge in [0.25, 0.3) is 0 Å². The largest absolute Gasteiger partial charge is 0.381 e. The van der Waals surface area contributed by atoms with E-state index < -0.39 is 10.0 Å². The number of sulfonamides is 1. The molecule has 3 fully saturated rings. The average Bonchev–Trinajstić information content (AvgIpc) is 3.43. The average molecular weight is 394 g/mol. The number of rotatable bonds is 6. The number of nitrogens with zero attached hydrogens (tertiary/aromatic N) is 1. The number of hydrogen-bond donors (Lipinski definition) is 2. The van der Waals surface area contributed by atoms with Crippen LogP contribution >= 0.6 is 0 Å². The van der Waals surface area contributed by atoms with Crippen LogP contribution in [0.2, 0.25) is 0 Å². The van der Waals surface area contributed by atoms with Gasteiger partial charge < -0.3 is 15.0 Å². The van der Waals surface area contributed by atoms with E-state index in [2.05, 4.69) is 10.0 Å². The van der Waals surface area contributed by atoms with E-state index in [0.29, 0.717) is 37.7 Å². The SMILES string of the molecule is O=C(Nc1ccc(S(=O)(=O)NC2CCOCC2)cc1)N1CC(CC2CC2)C1. The summed E-state index contributed by atoms with van der Waals surface area (Å²) in [5, 5.41) is 2.85. The van der Waals surface area contributed by atoms with Crippen LogP contribution in [0.4, 0.5) is 10.5 Å². The van der Waals surface area contributed by atoms with Crippen LogP contribution in [0, 0.1) is 11.8 Å². The molecule has 2 saturated heterocycles. The fourth-order valence-corrected chi connectivity index (χ4v) is 5.04. The van der Waals surface area contributed by atoms with Gasteiger partial charge in [0.1, 0.15) is 0 Å². The summed E-state index contributed by atoms with van der Waals surface area (Å²) in [4.78, 5) is 14.3. The first kappa shape index (κ1) is 18.7. The summed E-state index contributed by atoms with van der Waals surface area (Å²) >= 11 is 0. The van der Waals surface area contributed by atoms with Gasteiger partial charge >= 0.3 is 6.03 Å². The number of nitrogens with one attached hydrogen (secondary N) is 2. The first-order chi connectivity index (χ1) is 13.0. The molecule has 0 spiro atoms. The van der Waals surface area contributed by atoms with Crippen molar-refractivity contribution in [1.29, 1.82) is 0 Å². The normalized spacial score (nSPS) is 21.7. The molecule has 1 aromatic carbocycles. The van der Waals surface area contributed by atoms with E-state index in [4.69, 9.17) is 4.74 Å². The Labute approximate surface area is 160 Å². The summed E-state index contributed by atoms with van der Waals surface area (Å²) in [5.41, 5.74) is 0.607. The summed E-state index contributed by atoms with van der Waals surface area (Å²) in [6.07, 6.45) is 5.31. The van der Waals surface area contributed by atoms with E-state index in [-0.39, 0.29) is 17.0 Å². The zero-order valence-corrected chi connectivity index (χ0v) is 16.2. The molecule has 2 aliphatic heterocycles. The summed E-state index contributed by atoms with van der Waals surface area (Å²) in [6.45, 7) is 2.81. The van der Waals surface area contributed by atoms with Crippen LogP contribution in [0.15, 0.2) is 29.2 Å². The summed E-state index contributed by atoms with van der Waals surface area (Å²) in [7, 11) is -3.56. The first-order valence-corrected chi connectivity index (χ1v) is 11.2. The predicted molar refractivity (Wildman–Crippen MR) is 102 cm³/mol. The highest BCUT2D eigenvalue weighted by atomic mass is 32.2. The molecule has 2 amide bonds. The number of hydrogen-bond acceptors (Lipinski definition) is 4. The van der Waals surface area contributed by atoms with Crippen molar-refractivity contribution in [2.45, 2.75) is 43.0 Å². The smallest absolute Gasteiger partial charge is 0.321 e. The minimum atomic E-state index is -3.56. The third-order valence-electron chi connectivity index (χ3n) is 5.57. The Hall–Kier alpha value is -1.64. The maximum Gasteiger partial charge on any atom is 0.321 e. The zero-order valence-electron chi connectivity index (χ0n) is 15.4. The summed E-state index contributed by atoms with van der Waals surface area (Å²) < 4.78 is 32.9. The Morgan fingerprint density at radius 1 is 1.04 bits per heavy atom. The predicted octanol–water partition coefficient (Wildman–Crippen LogP) is 2.41. The van der Waals surface area contributed by atoms with Crippen LogP contribution in [0.1, 0.15) is 32.1 Å². The molecule has 2 heterocycles. The lowest BCUT2D eigenvalue weighted by Gasteiger charge is -2.39. The molecule has 0 atom stereocenters. The number of anilines is 1. The lowest BCUT2D eigenvalue weighted by molar-refractivity contribution is 0.0832. The van der Waals surface area contributed by atoms with Gasteiger partial charge in [-0.25, -0.2) is 17.9 Å². The monoisotopic (exact) mass is 393 g/mol. The molecular weight excluding hydrogens is 366 g/mol. The van der Waals surface area contributed by atoms with Crippen LogP contribution in [-0.2, 0) is 14.8 Å². The number of benzene rings is 1. The Balaban J connectivity index is 1.28. The molecule has 0 unspecified atom stereocenters. The van der Waals surface area contributed by atoms with E-state index in [1.807, 2.05) is 4.90 Å². The van der Waals surface area contributed by atoms with Crippen molar-refractivity contribution in [2.75, 3.05) is 31.6 Å². The van der Waals surface area contributed by atoms with Crippen molar-refractivity contribution in [1.82, 2.24) is 9.62 Å². The molecule has 1 saturated carbocycles. The quantitative estimate of drug-likeness (QED) is 0.777. The number of likely N-dealkylation sites (tertiary alicyclic amines) is 1. The number of carbonyl (C=O) groups is 1. The van der Waals surface area contributed by atoms with Gasteiger partial charge in [0.2, 0.25) is 10.0 Å². The molecule has 27 heavy (non-hydrogen) atoms. The van der Waals surface area contributed by atoms with E-state index in [1.165, 1.54) is 31.4 Å². The highest BCUT2D eigenvalue weighted by molar-refractivity contribution is 7.89. The highest BCUT2D eigenvalue weighted by Crippen LogP contribution is 2.38. The molecule has 1 aromatic rings. The fourth-order valence-electron chi connectivity index (χ4n) is 3.73. The van der Waals surface area contributed by atoms with Crippen molar-refractivity contribution in [3.63, 3.8) is 0 Å². The molecule has 4 rings (SSSR count).